The summed E-state index contributed by atoms with van der Waals surface area (Å²) in [6.45, 7) is 7.61. The van der Waals surface area contributed by atoms with Gasteiger partial charge in [0.25, 0.3) is 0 Å². The van der Waals surface area contributed by atoms with Crippen LogP contribution in [-0.2, 0) is 0 Å². The molecule has 0 saturated carbocycles. The molecule has 0 heterocycles. The molecule has 2 heteroatoms. The molecule has 2 N–H and O–H groups in total. The van der Waals surface area contributed by atoms with Crippen molar-refractivity contribution in [3.8, 4) is 0 Å². The summed E-state index contributed by atoms with van der Waals surface area (Å²) in [5, 5.41) is 0. The first kappa shape index (κ1) is 11.9. The second-order valence-corrected chi connectivity index (χ2v) is 3.57. The van der Waals surface area contributed by atoms with Gasteiger partial charge in [0.2, 0.25) is 0 Å². The van der Waals surface area contributed by atoms with Gasteiger partial charge in [0.1, 0.15) is 0 Å². The van der Waals surface area contributed by atoms with Gasteiger partial charge in [-0.15, -0.1) is 0 Å². The third-order valence-corrected chi connectivity index (χ3v) is 2.49. The lowest BCUT2D eigenvalue weighted by molar-refractivity contribution is 0.307. The van der Waals surface area contributed by atoms with E-state index in [-0.39, 0.29) is 0 Å². The van der Waals surface area contributed by atoms with Crippen LogP contribution in [0.15, 0.2) is 0 Å². The fourth-order valence-electron chi connectivity index (χ4n) is 1.35. The average Bonchev–Trinajstić information content (AvgIpc) is 2.11. The molecule has 0 aliphatic carbocycles. The molecule has 74 valence electrons. The van der Waals surface area contributed by atoms with Crippen LogP contribution in [-0.4, -0.2) is 31.6 Å². The molecule has 0 aliphatic heterocycles. The number of rotatable bonds is 7. The Hall–Kier alpha value is -0.0800. The largest absolute Gasteiger partial charge is 0.330 e. The van der Waals surface area contributed by atoms with Gasteiger partial charge in [-0.3, -0.25) is 0 Å². The van der Waals surface area contributed by atoms with Gasteiger partial charge in [-0.25, -0.2) is 0 Å². The molecule has 0 aromatic heterocycles. The third kappa shape index (κ3) is 5.56. The highest BCUT2D eigenvalue weighted by atomic mass is 15.1. The summed E-state index contributed by atoms with van der Waals surface area (Å²) in [4.78, 5) is 2.35. The van der Waals surface area contributed by atoms with E-state index in [1.807, 2.05) is 0 Å². The van der Waals surface area contributed by atoms with E-state index >= 15 is 0 Å². The van der Waals surface area contributed by atoms with Crippen LogP contribution in [0.5, 0.6) is 0 Å². The maximum Gasteiger partial charge on any atom is -0.00188 e. The minimum absolute atomic E-state index is 0.740. The quantitative estimate of drug-likeness (QED) is 0.633. The summed E-state index contributed by atoms with van der Waals surface area (Å²) in [6, 6.07) is 0. The standard InChI is InChI=1S/C10H24N2/c1-4-6-10(9-11)7-8-12(3)5-2/h10H,4-9,11H2,1-3H3. The van der Waals surface area contributed by atoms with E-state index in [1.165, 1.54) is 25.8 Å². The maximum atomic E-state index is 5.67. The zero-order valence-electron chi connectivity index (χ0n) is 8.84. The van der Waals surface area contributed by atoms with Crippen LogP contribution in [0.2, 0.25) is 0 Å². The number of hydrogen-bond donors (Lipinski definition) is 1. The van der Waals surface area contributed by atoms with E-state index in [4.69, 9.17) is 5.73 Å². The zero-order valence-corrected chi connectivity index (χ0v) is 8.84. The Morgan fingerprint density at radius 2 is 1.92 bits per heavy atom. The van der Waals surface area contributed by atoms with Crippen LogP contribution in [0.1, 0.15) is 33.1 Å². The van der Waals surface area contributed by atoms with Crippen molar-refractivity contribution < 1.29 is 0 Å². The molecule has 0 aromatic carbocycles. The Bertz CT molecular complexity index is 93.8. The monoisotopic (exact) mass is 172 g/mol. The molecule has 12 heavy (non-hydrogen) atoms. The highest BCUT2D eigenvalue weighted by molar-refractivity contribution is 4.61. The van der Waals surface area contributed by atoms with Gasteiger partial charge >= 0.3 is 0 Å². The highest BCUT2D eigenvalue weighted by Gasteiger charge is 2.05. The molecule has 0 radical (unpaired) electrons. The first-order valence-electron chi connectivity index (χ1n) is 5.13. The van der Waals surface area contributed by atoms with E-state index in [1.54, 1.807) is 0 Å². The minimum Gasteiger partial charge on any atom is -0.330 e. The molecule has 0 rings (SSSR count). The second kappa shape index (κ2) is 7.56. The van der Waals surface area contributed by atoms with E-state index in [0.717, 1.165) is 19.0 Å². The molecule has 0 spiro atoms. The Morgan fingerprint density at radius 3 is 2.33 bits per heavy atom. The van der Waals surface area contributed by atoms with Crippen LogP contribution >= 0.6 is 0 Å². The van der Waals surface area contributed by atoms with Crippen LogP contribution in [0.3, 0.4) is 0 Å². The summed E-state index contributed by atoms with van der Waals surface area (Å²) in [5.74, 6) is 0.740. The van der Waals surface area contributed by atoms with Gasteiger partial charge in [0.05, 0.1) is 0 Å². The molecule has 0 amide bonds. The Kier molecular flexibility index (Phi) is 7.51. The smallest absolute Gasteiger partial charge is 0.00188 e. The molecule has 0 aliphatic rings. The van der Waals surface area contributed by atoms with Crippen molar-refractivity contribution in [3.63, 3.8) is 0 Å². The van der Waals surface area contributed by atoms with Gasteiger partial charge in [0.15, 0.2) is 0 Å². The van der Waals surface area contributed by atoms with E-state index in [9.17, 15) is 0 Å². The molecule has 0 saturated heterocycles. The summed E-state index contributed by atoms with van der Waals surface area (Å²) in [6.07, 6.45) is 3.81. The van der Waals surface area contributed by atoms with Crippen molar-refractivity contribution in [2.45, 2.75) is 33.1 Å². The van der Waals surface area contributed by atoms with Crippen molar-refractivity contribution >= 4 is 0 Å². The van der Waals surface area contributed by atoms with Crippen molar-refractivity contribution in [2.75, 3.05) is 26.7 Å². The normalized spacial score (nSPS) is 13.8. The second-order valence-electron chi connectivity index (χ2n) is 3.57. The predicted molar refractivity (Wildman–Crippen MR) is 55.2 cm³/mol. The van der Waals surface area contributed by atoms with Gasteiger partial charge < -0.3 is 10.6 Å². The van der Waals surface area contributed by atoms with Crippen LogP contribution in [0.4, 0.5) is 0 Å². The highest BCUT2D eigenvalue weighted by Crippen LogP contribution is 2.09. The molecule has 0 fully saturated rings. The summed E-state index contributed by atoms with van der Waals surface area (Å²) < 4.78 is 0. The van der Waals surface area contributed by atoms with Crippen LogP contribution in [0.25, 0.3) is 0 Å². The molecule has 0 bridgehead atoms. The Morgan fingerprint density at radius 1 is 1.25 bits per heavy atom. The fourth-order valence-corrected chi connectivity index (χ4v) is 1.35. The van der Waals surface area contributed by atoms with Gasteiger partial charge in [-0.2, -0.15) is 0 Å². The first-order valence-corrected chi connectivity index (χ1v) is 5.13. The van der Waals surface area contributed by atoms with E-state index in [2.05, 4.69) is 25.8 Å². The molecule has 2 nitrogen and oxygen atoms in total. The topological polar surface area (TPSA) is 29.3 Å². The molecule has 1 atom stereocenters. The first-order chi connectivity index (χ1) is 5.74. The molecule has 0 aromatic rings. The number of hydrogen-bond acceptors (Lipinski definition) is 2. The summed E-state index contributed by atoms with van der Waals surface area (Å²) in [7, 11) is 2.17. The van der Waals surface area contributed by atoms with Crippen LogP contribution in [0, 0.1) is 5.92 Å². The zero-order chi connectivity index (χ0) is 9.40. The molecule has 1 unspecified atom stereocenters. The Labute approximate surface area is 77.1 Å². The Balaban J connectivity index is 3.43. The van der Waals surface area contributed by atoms with Gasteiger partial charge in [0, 0.05) is 0 Å². The molecular formula is C10H24N2. The van der Waals surface area contributed by atoms with Crippen molar-refractivity contribution in [2.24, 2.45) is 11.7 Å². The maximum absolute atomic E-state index is 5.67. The minimum atomic E-state index is 0.740. The lowest BCUT2D eigenvalue weighted by Crippen LogP contribution is -2.24. The predicted octanol–water partition coefficient (Wildman–Crippen LogP) is 1.70. The van der Waals surface area contributed by atoms with E-state index < -0.39 is 0 Å². The summed E-state index contributed by atoms with van der Waals surface area (Å²) in [5.41, 5.74) is 5.67. The van der Waals surface area contributed by atoms with E-state index in [0.29, 0.717) is 0 Å². The lowest BCUT2D eigenvalue weighted by Gasteiger charge is -2.18. The van der Waals surface area contributed by atoms with Gasteiger partial charge in [-0.1, -0.05) is 20.3 Å². The SMILES string of the molecule is CCCC(CN)CCN(C)CC. The van der Waals surface area contributed by atoms with Crippen LogP contribution < -0.4 is 5.73 Å². The third-order valence-electron chi connectivity index (χ3n) is 2.49. The van der Waals surface area contributed by atoms with Crippen molar-refractivity contribution in [3.05, 3.63) is 0 Å². The van der Waals surface area contributed by atoms with Gasteiger partial charge in [-0.05, 0) is 45.4 Å². The lowest BCUT2D eigenvalue weighted by atomic mass is 10.00. The fraction of sp³-hybridized carbons (Fsp3) is 1.00. The number of nitrogens with two attached hydrogens (primary N) is 1. The number of nitrogens with zero attached hydrogens (tertiary/aromatic N) is 1. The van der Waals surface area contributed by atoms with Crippen molar-refractivity contribution in [1.29, 1.82) is 0 Å². The molecular weight excluding hydrogens is 148 g/mol. The average molecular weight is 172 g/mol. The summed E-state index contributed by atoms with van der Waals surface area (Å²) >= 11 is 0. The van der Waals surface area contributed by atoms with Crippen molar-refractivity contribution in [1.82, 2.24) is 4.90 Å².